The van der Waals surface area contributed by atoms with Gasteiger partial charge in [-0.25, -0.2) is 29.6 Å². The van der Waals surface area contributed by atoms with Gasteiger partial charge < -0.3 is 9.13 Å². The van der Waals surface area contributed by atoms with Gasteiger partial charge in [0, 0.05) is 54.9 Å². The number of nitriles is 1. The Kier molecular flexibility index (Phi) is 11.2. The van der Waals surface area contributed by atoms with Gasteiger partial charge in [0.05, 0.1) is 52.1 Å². The molecule has 9 aromatic carbocycles. The van der Waals surface area contributed by atoms with Crippen LogP contribution >= 0.6 is 0 Å². The number of benzene rings is 9. The fraction of sp³-hybridized carbons (Fsp3) is 0.0156. The lowest BCUT2D eigenvalue weighted by molar-refractivity contribution is -0.137. The summed E-state index contributed by atoms with van der Waals surface area (Å²) in [6.45, 7) is 17.5. The molecule has 4 aromatic heterocycles. The van der Waals surface area contributed by atoms with Gasteiger partial charge in [0.1, 0.15) is 6.07 Å². The number of hydrogen-bond donors (Lipinski definition) is 0. The zero-order valence-electron chi connectivity index (χ0n) is 40.7. The van der Waals surface area contributed by atoms with E-state index in [1.807, 2.05) is 185 Å². The van der Waals surface area contributed by atoms with Gasteiger partial charge in [0.2, 0.25) is 11.5 Å². The Morgan fingerprint density at radius 2 is 0.872 bits per heavy atom. The minimum atomic E-state index is -4.89. The van der Waals surface area contributed by atoms with Crippen molar-refractivity contribution in [1.29, 1.82) is 5.26 Å². The van der Waals surface area contributed by atoms with Gasteiger partial charge in [-0.15, -0.1) is 0 Å². The number of nitrogens with zero attached hydrogens (tertiary/aromatic N) is 11. The first-order chi connectivity index (χ1) is 38.2. The van der Waals surface area contributed by atoms with E-state index in [4.69, 9.17) is 26.5 Å². The first-order valence-electron chi connectivity index (χ1n) is 24.5. The molecule has 0 unspecified atom stereocenters. The quantitative estimate of drug-likeness (QED) is 0.139. The van der Waals surface area contributed by atoms with Crippen LogP contribution < -0.4 is 0 Å². The maximum Gasteiger partial charge on any atom is 0.415 e. The van der Waals surface area contributed by atoms with Gasteiger partial charge >= 0.3 is 6.18 Å². The van der Waals surface area contributed by atoms with Crippen LogP contribution in [-0.4, -0.2) is 39.0 Å². The average molecular weight is 1010 g/mol. The van der Waals surface area contributed by atoms with E-state index in [0.717, 1.165) is 38.7 Å². The molecule has 0 N–H and O–H groups in total. The minimum Gasteiger partial charge on any atom is -0.319 e. The summed E-state index contributed by atoms with van der Waals surface area (Å²) in [4.78, 5) is 36.7. The molecule has 0 saturated carbocycles. The van der Waals surface area contributed by atoms with Crippen LogP contribution in [-0.2, 0) is 6.18 Å². The van der Waals surface area contributed by atoms with E-state index >= 15 is 13.2 Å². The van der Waals surface area contributed by atoms with Gasteiger partial charge in [-0.1, -0.05) is 176 Å². The van der Waals surface area contributed by atoms with Gasteiger partial charge in [-0.05, 0) is 35.9 Å². The summed E-state index contributed by atoms with van der Waals surface area (Å²) in [5.74, 6) is 1.69. The Labute approximate surface area is 442 Å². The predicted octanol–water partition coefficient (Wildman–Crippen LogP) is 16.2. The Morgan fingerprint density at radius 3 is 1.37 bits per heavy atom. The van der Waals surface area contributed by atoms with Gasteiger partial charge in [-0.2, -0.15) is 28.4 Å². The summed E-state index contributed by atoms with van der Waals surface area (Å²) in [7, 11) is 0. The molecule has 0 aliphatic rings. The molecule has 0 aliphatic heterocycles. The fourth-order valence-corrected chi connectivity index (χ4v) is 10.4. The highest BCUT2D eigenvalue weighted by Crippen LogP contribution is 2.51. The molecule has 0 radical (unpaired) electrons. The minimum absolute atomic E-state index is 0.00213. The van der Waals surface area contributed by atoms with Gasteiger partial charge in [0.15, 0.2) is 34.8 Å². The second kappa shape index (κ2) is 18.7. The van der Waals surface area contributed by atoms with Crippen molar-refractivity contribution in [3.8, 4) is 85.5 Å². The van der Waals surface area contributed by atoms with Crippen LogP contribution in [0.5, 0.6) is 0 Å². The number of aromatic nitrogens is 8. The van der Waals surface area contributed by atoms with Crippen molar-refractivity contribution >= 4 is 55.0 Å². The molecule has 14 heteroatoms. The molecule has 366 valence electrons. The lowest BCUT2D eigenvalue weighted by Gasteiger charge is -2.23. The van der Waals surface area contributed by atoms with Crippen molar-refractivity contribution < 1.29 is 13.2 Å². The third-order valence-electron chi connectivity index (χ3n) is 13.8. The standard InChI is InChI=1S/C64H34F3N11/c1-69-49-26-16-25-48(64(65,66)67)56(49)47-33-34-52(77-50-27-14-12-23-43(50)45-31-29-41(35-53(45)77)62-72-55(37-68)71-59(73-62)38-17-6-3-7-18-38)57(70-2)58(47)78-51-28-15-13-24-44(51)46-32-30-42(36-54(46)78)63-75-60(39-19-8-4-9-20-39)74-61(76-63)40-21-10-5-11-22-40/h3-36H. The van der Waals surface area contributed by atoms with Crippen LogP contribution in [0, 0.1) is 24.5 Å². The normalized spacial score (nSPS) is 11.5. The van der Waals surface area contributed by atoms with Crippen LogP contribution in [0.1, 0.15) is 11.4 Å². The third kappa shape index (κ3) is 7.82. The SMILES string of the molecule is [C-]#[N+]c1cccc(C(F)(F)F)c1-c1ccc(-n2c3ccccc3c3ccc(-c4nc(C#N)nc(-c5ccccc5)n4)cc32)c([N+]#[C-])c1-n1c2ccccc2c2ccc(-c3nc(-c4ccccc4)nc(-c4ccccc4)n3)cc21. The van der Waals surface area contributed by atoms with Crippen molar-refractivity contribution in [1.82, 2.24) is 39.0 Å². The number of alkyl halides is 3. The van der Waals surface area contributed by atoms with E-state index in [9.17, 15) is 11.8 Å². The predicted molar refractivity (Wildman–Crippen MR) is 297 cm³/mol. The summed E-state index contributed by atoms with van der Waals surface area (Å²) in [6, 6.07) is 63.9. The molecule has 0 aliphatic carbocycles. The smallest absolute Gasteiger partial charge is 0.319 e. The first-order valence-corrected chi connectivity index (χ1v) is 24.5. The Balaban J connectivity index is 1.13. The van der Waals surface area contributed by atoms with Crippen LogP contribution in [0.2, 0.25) is 0 Å². The lowest BCUT2D eigenvalue weighted by atomic mass is 9.94. The zero-order valence-corrected chi connectivity index (χ0v) is 40.7. The van der Waals surface area contributed by atoms with E-state index in [-0.39, 0.29) is 39.8 Å². The maximum atomic E-state index is 15.5. The van der Waals surface area contributed by atoms with E-state index in [0.29, 0.717) is 67.7 Å². The average Bonchev–Trinajstić information content (AvgIpc) is 4.22. The molecule has 0 spiro atoms. The highest BCUT2D eigenvalue weighted by Gasteiger charge is 2.36. The number of hydrogen-bond acceptors (Lipinski definition) is 7. The van der Waals surface area contributed by atoms with Crippen LogP contribution in [0.3, 0.4) is 0 Å². The van der Waals surface area contributed by atoms with Gasteiger partial charge in [-0.3, -0.25) is 0 Å². The highest BCUT2D eigenvalue weighted by atomic mass is 19.4. The van der Waals surface area contributed by atoms with Crippen molar-refractivity contribution in [3.63, 3.8) is 0 Å². The number of fused-ring (bicyclic) bond motifs is 6. The van der Waals surface area contributed by atoms with Crippen LogP contribution in [0.15, 0.2) is 206 Å². The summed E-state index contributed by atoms with van der Waals surface area (Å²) < 4.78 is 50.4. The molecule has 78 heavy (non-hydrogen) atoms. The maximum absolute atomic E-state index is 15.5. The van der Waals surface area contributed by atoms with Crippen molar-refractivity contribution in [2.75, 3.05) is 0 Å². The molecule has 0 fully saturated rings. The molecule has 4 heterocycles. The molecular formula is C64H34F3N11. The van der Waals surface area contributed by atoms with E-state index in [1.165, 1.54) is 12.1 Å². The van der Waals surface area contributed by atoms with Crippen LogP contribution in [0.4, 0.5) is 24.5 Å². The van der Waals surface area contributed by atoms with E-state index in [2.05, 4.69) is 25.7 Å². The Hall–Kier alpha value is -11.1. The zero-order chi connectivity index (χ0) is 53.1. The summed E-state index contributed by atoms with van der Waals surface area (Å²) in [5, 5.41) is 13.2. The fourth-order valence-electron chi connectivity index (χ4n) is 10.4. The molecule has 11 nitrogen and oxygen atoms in total. The van der Waals surface area contributed by atoms with E-state index < -0.39 is 11.7 Å². The topological polar surface area (TPSA) is 120 Å². The molecule has 0 atom stereocenters. The summed E-state index contributed by atoms with van der Waals surface area (Å²) in [5.41, 5.74) is 4.63. The van der Waals surface area contributed by atoms with Crippen LogP contribution in [0.25, 0.3) is 133 Å². The first kappa shape index (κ1) is 46.6. The highest BCUT2D eigenvalue weighted by molar-refractivity contribution is 6.14. The van der Waals surface area contributed by atoms with Crippen molar-refractivity contribution in [3.05, 3.63) is 240 Å². The van der Waals surface area contributed by atoms with Crippen molar-refractivity contribution in [2.45, 2.75) is 6.18 Å². The molecule has 0 bridgehead atoms. The van der Waals surface area contributed by atoms with Gasteiger partial charge in [0.25, 0.3) is 0 Å². The van der Waals surface area contributed by atoms with E-state index in [1.54, 1.807) is 12.1 Å². The Bertz CT molecular complexity index is 4640. The number of rotatable bonds is 8. The number of halogens is 3. The molecule has 0 amide bonds. The second-order valence-electron chi connectivity index (χ2n) is 18.2. The molecule has 13 rings (SSSR count). The third-order valence-corrected chi connectivity index (χ3v) is 13.8. The molecule has 0 saturated heterocycles. The summed E-state index contributed by atoms with van der Waals surface area (Å²) in [6.07, 6.45) is -4.89. The lowest BCUT2D eigenvalue weighted by Crippen LogP contribution is -2.09. The second-order valence-corrected chi connectivity index (χ2v) is 18.2. The largest absolute Gasteiger partial charge is 0.415 e. The monoisotopic (exact) mass is 1010 g/mol. The number of para-hydroxylation sites is 2. The van der Waals surface area contributed by atoms with Crippen molar-refractivity contribution in [2.24, 2.45) is 0 Å². The summed E-state index contributed by atoms with van der Waals surface area (Å²) >= 11 is 0. The Morgan fingerprint density at radius 1 is 0.423 bits per heavy atom. The molecular weight excluding hydrogens is 980 g/mol. The molecule has 13 aromatic rings.